The van der Waals surface area contributed by atoms with Gasteiger partial charge < -0.3 is 5.32 Å². The average Bonchev–Trinajstić information content (AvgIpc) is 3.10. The molecule has 110 valence electrons. The first-order chi connectivity index (χ1) is 10.7. The summed E-state index contributed by atoms with van der Waals surface area (Å²) in [7, 11) is 0. The van der Waals surface area contributed by atoms with E-state index in [0.29, 0.717) is 0 Å². The molecule has 0 saturated heterocycles. The van der Waals surface area contributed by atoms with Crippen molar-refractivity contribution >= 4 is 44.3 Å². The Kier molecular flexibility index (Phi) is 3.69. The first kappa shape index (κ1) is 14.3. The molecule has 2 aromatic carbocycles. The highest BCUT2D eigenvalue weighted by atomic mass is 127. The molecule has 1 aliphatic heterocycles. The smallest absolute Gasteiger partial charge is 0.133 e. The largest absolute Gasteiger partial charge is 0.369 e. The number of rotatable bonds is 2. The van der Waals surface area contributed by atoms with Crippen LogP contribution in [0.5, 0.6) is 0 Å². The lowest BCUT2D eigenvalue weighted by molar-refractivity contribution is 0.878. The van der Waals surface area contributed by atoms with E-state index in [1.807, 2.05) is 22.9 Å². The van der Waals surface area contributed by atoms with Gasteiger partial charge in [0.2, 0.25) is 0 Å². The van der Waals surface area contributed by atoms with Gasteiger partial charge in [0.15, 0.2) is 0 Å². The maximum absolute atomic E-state index is 4.90. The predicted molar refractivity (Wildman–Crippen MR) is 102 cm³/mol. The van der Waals surface area contributed by atoms with Gasteiger partial charge >= 0.3 is 0 Å². The van der Waals surface area contributed by atoms with Gasteiger partial charge in [0.25, 0.3) is 0 Å². The number of halogens is 2. The number of aromatic nitrogens is 2. The Labute approximate surface area is 151 Å². The zero-order valence-electron chi connectivity index (χ0n) is 11.7. The number of para-hydroxylation sites is 1. The molecule has 0 atom stereocenters. The Morgan fingerprint density at radius 3 is 2.82 bits per heavy atom. The van der Waals surface area contributed by atoms with Crippen LogP contribution in [0.15, 0.2) is 53.0 Å². The number of hydrogen-bond acceptors (Lipinski definition) is 2. The summed E-state index contributed by atoms with van der Waals surface area (Å²) in [4.78, 5) is 0. The highest BCUT2D eigenvalue weighted by Crippen LogP contribution is 2.36. The molecular formula is C17H13BrIN3. The number of anilines is 1. The molecule has 0 spiro atoms. The van der Waals surface area contributed by atoms with Crippen LogP contribution >= 0.6 is 38.5 Å². The molecule has 1 aliphatic rings. The molecule has 0 radical (unpaired) electrons. The lowest BCUT2D eigenvalue weighted by Gasteiger charge is -2.08. The SMILES string of the molecule is Brc1ccccc1-n1nc(-c2cccc(I)c2)c2c1NCC2. The van der Waals surface area contributed by atoms with Crippen LogP contribution in [0, 0.1) is 3.57 Å². The molecule has 5 heteroatoms. The van der Waals surface area contributed by atoms with Crippen LogP contribution in [-0.2, 0) is 6.42 Å². The molecule has 0 unspecified atom stereocenters. The summed E-state index contributed by atoms with van der Waals surface area (Å²) in [5, 5.41) is 8.37. The molecular weight excluding hydrogens is 453 g/mol. The normalized spacial score (nSPS) is 13.0. The van der Waals surface area contributed by atoms with Gasteiger partial charge in [0, 0.05) is 25.7 Å². The van der Waals surface area contributed by atoms with Crippen molar-refractivity contribution in [2.75, 3.05) is 11.9 Å². The van der Waals surface area contributed by atoms with Crippen LogP contribution in [0.1, 0.15) is 5.56 Å². The molecule has 4 rings (SSSR count). The van der Waals surface area contributed by atoms with E-state index in [9.17, 15) is 0 Å². The van der Waals surface area contributed by atoms with Gasteiger partial charge in [-0.25, -0.2) is 4.68 Å². The zero-order valence-corrected chi connectivity index (χ0v) is 15.4. The van der Waals surface area contributed by atoms with Crippen molar-refractivity contribution in [2.24, 2.45) is 0 Å². The first-order valence-electron chi connectivity index (χ1n) is 7.10. The molecule has 3 nitrogen and oxygen atoms in total. The number of nitrogens with zero attached hydrogens (tertiary/aromatic N) is 2. The number of fused-ring (bicyclic) bond motifs is 1. The van der Waals surface area contributed by atoms with E-state index in [1.54, 1.807) is 0 Å². The number of nitrogens with one attached hydrogen (secondary N) is 1. The Balaban J connectivity index is 1.93. The Hall–Kier alpha value is -1.34. The lowest BCUT2D eigenvalue weighted by Crippen LogP contribution is -2.04. The molecule has 0 saturated carbocycles. The van der Waals surface area contributed by atoms with Crippen molar-refractivity contribution in [3.63, 3.8) is 0 Å². The van der Waals surface area contributed by atoms with Crippen molar-refractivity contribution < 1.29 is 0 Å². The van der Waals surface area contributed by atoms with Crippen LogP contribution in [0.3, 0.4) is 0 Å². The van der Waals surface area contributed by atoms with Crippen LogP contribution in [0.4, 0.5) is 5.82 Å². The fourth-order valence-electron chi connectivity index (χ4n) is 2.84. The highest BCUT2D eigenvalue weighted by molar-refractivity contribution is 14.1. The van der Waals surface area contributed by atoms with E-state index in [0.717, 1.165) is 34.6 Å². The topological polar surface area (TPSA) is 29.9 Å². The summed E-state index contributed by atoms with van der Waals surface area (Å²) in [6.07, 6.45) is 1.01. The monoisotopic (exact) mass is 465 g/mol. The summed E-state index contributed by atoms with van der Waals surface area (Å²) in [6.45, 7) is 0.967. The molecule has 3 aromatic rings. The van der Waals surface area contributed by atoms with Gasteiger partial charge in [0.05, 0.1) is 11.4 Å². The molecule has 0 fully saturated rings. The Morgan fingerprint density at radius 2 is 2.00 bits per heavy atom. The van der Waals surface area contributed by atoms with E-state index >= 15 is 0 Å². The van der Waals surface area contributed by atoms with Crippen molar-refractivity contribution in [1.82, 2.24) is 9.78 Å². The van der Waals surface area contributed by atoms with E-state index in [1.165, 1.54) is 14.7 Å². The molecule has 0 aliphatic carbocycles. The van der Waals surface area contributed by atoms with Gasteiger partial charge in [-0.05, 0) is 69.2 Å². The maximum Gasteiger partial charge on any atom is 0.133 e. The second-order valence-corrected chi connectivity index (χ2v) is 7.33. The third-order valence-corrected chi connectivity index (χ3v) is 5.17. The minimum Gasteiger partial charge on any atom is -0.369 e. The fourth-order valence-corrected chi connectivity index (χ4v) is 3.84. The first-order valence-corrected chi connectivity index (χ1v) is 8.98. The number of hydrogen-bond donors (Lipinski definition) is 1. The van der Waals surface area contributed by atoms with Crippen molar-refractivity contribution in [3.8, 4) is 16.9 Å². The Morgan fingerprint density at radius 1 is 1.14 bits per heavy atom. The summed E-state index contributed by atoms with van der Waals surface area (Å²) < 4.78 is 4.29. The van der Waals surface area contributed by atoms with E-state index in [-0.39, 0.29) is 0 Å². The molecule has 22 heavy (non-hydrogen) atoms. The van der Waals surface area contributed by atoms with Crippen molar-refractivity contribution in [1.29, 1.82) is 0 Å². The highest BCUT2D eigenvalue weighted by Gasteiger charge is 2.24. The summed E-state index contributed by atoms with van der Waals surface area (Å²) in [5.41, 5.74) is 4.62. The molecule has 0 amide bonds. The molecule has 1 N–H and O–H groups in total. The van der Waals surface area contributed by atoms with E-state index < -0.39 is 0 Å². The van der Waals surface area contributed by atoms with E-state index in [2.05, 4.69) is 74.2 Å². The second-order valence-electron chi connectivity index (χ2n) is 5.23. The summed E-state index contributed by atoms with van der Waals surface area (Å²) >= 11 is 5.97. The van der Waals surface area contributed by atoms with Crippen LogP contribution < -0.4 is 5.32 Å². The van der Waals surface area contributed by atoms with Crippen molar-refractivity contribution in [3.05, 3.63) is 62.1 Å². The minimum atomic E-state index is 0.967. The second kappa shape index (κ2) is 5.70. The fraction of sp³-hybridized carbons (Fsp3) is 0.118. The summed E-state index contributed by atoms with van der Waals surface area (Å²) in [6, 6.07) is 16.7. The van der Waals surface area contributed by atoms with Gasteiger partial charge in [-0.3, -0.25) is 0 Å². The zero-order chi connectivity index (χ0) is 15.1. The lowest BCUT2D eigenvalue weighted by atomic mass is 10.1. The van der Waals surface area contributed by atoms with Crippen molar-refractivity contribution in [2.45, 2.75) is 6.42 Å². The average molecular weight is 466 g/mol. The van der Waals surface area contributed by atoms with Gasteiger partial charge in [-0.2, -0.15) is 5.10 Å². The number of benzene rings is 2. The molecule has 1 aromatic heterocycles. The maximum atomic E-state index is 4.90. The van der Waals surface area contributed by atoms with Gasteiger partial charge in [-0.15, -0.1) is 0 Å². The van der Waals surface area contributed by atoms with Crippen LogP contribution in [0.2, 0.25) is 0 Å². The van der Waals surface area contributed by atoms with Crippen LogP contribution in [-0.4, -0.2) is 16.3 Å². The van der Waals surface area contributed by atoms with Crippen LogP contribution in [0.25, 0.3) is 16.9 Å². The van der Waals surface area contributed by atoms with E-state index in [4.69, 9.17) is 5.10 Å². The van der Waals surface area contributed by atoms with Gasteiger partial charge in [-0.1, -0.05) is 24.3 Å². The standard InChI is InChI=1S/C17H13BrIN3/c18-14-6-1-2-7-15(14)22-17-13(8-9-20-17)16(21-22)11-4-3-5-12(19)10-11/h1-7,10,20H,8-9H2. The predicted octanol–water partition coefficient (Wildman–Crippen LogP) is 4.87. The third-order valence-electron chi connectivity index (χ3n) is 3.83. The minimum absolute atomic E-state index is 0.967. The summed E-state index contributed by atoms with van der Waals surface area (Å²) in [5.74, 6) is 1.11. The molecule has 0 bridgehead atoms. The Bertz CT molecular complexity index is 857. The third kappa shape index (κ3) is 2.36. The quantitative estimate of drug-likeness (QED) is 0.547. The van der Waals surface area contributed by atoms with Gasteiger partial charge in [0.1, 0.15) is 5.82 Å². The molecule has 2 heterocycles.